The summed E-state index contributed by atoms with van der Waals surface area (Å²) in [5.41, 5.74) is 0.571. The SMILES string of the molecule is C#Cc1ccc(N2CCOCC2)nn1. The highest BCUT2D eigenvalue weighted by atomic mass is 16.5. The van der Waals surface area contributed by atoms with Gasteiger partial charge >= 0.3 is 0 Å². The molecule has 72 valence electrons. The minimum absolute atomic E-state index is 0.571. The van der Waals surface area contributed by atoms with Crippen molar-refractivity contribution < 1.29 is 4.74 Å². The van der Waals surface area contributed by atoms with E-state index in [2.05, 4.69) is 21.0 Å². The third kappa shape index (κ3) is 1.83. The monoisotopic (exact) mass is 189 g/mol. The topological polar surface area (TPSA) is 38.2 Å². The molecule has 2 rings (SSSR count). The van der Waals surface area contributed by atoms with E-state index >= 15 is 0 Å². The van der Waals surface area contributed by atoms with Crippen LogP contribution in [0, 0.1) is 12.3 Å². The molecule has 1 saturated heterocycles. The van der Waals surface area contributed by atoms with Crippen molar-refractivity contribution in [1.29, 1.82) is 0 Å². The predicted molar refractivity (Wildman–Crippen MR) is 53.0 cm³/mol. The summed E-state index contributed by atoms with van der Waals surface area (Å²) < 4.78 is 5.24. The second-order valence-corrected chi connectivity index (χ2v) is 3.02. The molecule has 0 spiro atoms. The van der Waals surface area contributed by atoms with Gasteiger partial charge in [0, 0.05) is 13.1 Å². The molecule has 1 aromatic rings. The van der Waals surface area contributed by atoms with Gasteiger partial charge in [-0.15, -0.1) is 16.6 Å². The van der Waals surface area contributed by atoms with Crippen LogP contribution in [-0.2, 0) is 4.74 Å². The van der Waals surface area contributed by atoms with Crippen molar-refractivity contribution in [2.24, 2.45) is 0 Å². The summed E-state index contributed by atoms with van der Waals surface area (Å²) in [5, 5.41) is 7.95. The highest BCUT2D eigenvalue weighted by Gasteiger charge is 2.12. The van der Waals surface area contributed by atoms with Crippen LogP contribution < -0.4 is 4.90 Å². The Balaban J connectivity index is 2.12. The van der Waals surface area contributed by atoms with Crippen molar-refractivity contribution in [3.8, 4) is 12.3 Å². The molecule has 1 aliphatic heterocycles. The van der Waals surface area contributed by atoms with Gasteiger partial charge in [-0.25, -0.2) is 0 Å². The van der Waals surface area contributed by atoms with Crippen molar-refractivity contribution >= 4 is 5.82 Å². The van der Waals surface area contributed by atoms with Crippen molar-refractivity contribution in [3.63, 3.8) is 0 Å². The van der Waals surface area contributed by atoms with Crippen LogP contribution in [0.2, 0.25) is 0 Å². The van der Waals surface area contributed by atoms with Gasteiger partial charge in [0.05, 0.1) is 13.2 Å². The molecule has 0 radical (unpaired) electrons. The standard InChI is InChI=1S/C10H11N3O/c1-2-9-3-4-10(12-11-9)13-5-7-14-8-6-13/h1,3-4H,5-8H2. The molecule has 4 nitrogen and oxygen atoms in total. The number of nitrogens with zero attached hydrogens (tertiary/aromatic N) is 3. The van der Waals surface area contributed by atoms with Gasteiger partial charge in [-0.1, -0.05) is 0 Å². The minimum Gasteiger partial charge on any atom is -0.378 e. The number of aromatic nitrogens is 2. The molecule has 0 unspecified atom stereocenters. The molecule has 0 aliphatic carbocycles. The van der Waals surface area contributed by atoms with Gasteiger partial charge in [0.1, 0.15) is 5.69 Å². The lowest BCUT2D eigenvalue weighted by Gasteiger charge is -2.27. The van der Waals surface area contributed by atoms with E-state index in [0.29, 0.717) is 5.69 Å². The van der Waals surface area contributed by atoms with Gasteiger partial charge < -0.3 is 9.64 Å². The molecule has 0 aromatic carbocycles. The molecule has 0 saturated carbocycles. The largest absolute Gasteiger partial charge is 0.378 e. The first-order chi connectivity index (χ1) is 6.90. The Labute approximate surface area is 82.9 Å². The third-order valence-electron chi connectivity index (χ3n) is 2.13. The van der Waals surface area contributed by atoms with Crippen LogP contribution in [0.1, 0.15) is 5.69 Å². The Morgan fingerprint density at radius 3 is 2.64 bits per heavy atom. The first-order valence-corrected chi connectivity index (χ1v) is 4.53. The normalized spacial score (nSPS) is 16.4. The summed E-state index contributed by atoms with van der Waals surface area (Å²) in [7, 11) is 0. The zero-order valence-electron chi connectivity index (χ0n) is 7.81. The van der Waals surface area contributed by atoms with E-state index in [1.165, 1.54) is 0 Å². The molecule has 14 heavy (non-hydrogen) atoms. The Hall–Kier alpha value is -1.60. The van der Waals surface area contributed by atoms with Crippen LogP contribution in [0.25, 0.3) is 0 Å². The molecule has 0 bridgehead atoms. The molecular formula is C10H11N3O. The Morgan fingerprint density at radius 2 is 2.07 bits per heavy atom. The fourth-order valence-electron chi connectivity index (χ4n) is 1.36. The van der Waals surface area contributed by atoms with E-state index in [1.54, 1.807) is 6.07 Å². The maximum absolute atomic E-state index is 5.24. The molecule has 2 heterocycles. The zero-order chi connectivity index (χ0) is 9.80. The minimum atomic E-state index is 0.571. The molecule has 4 heteroatoms. The molecule has 1 aromatic heterocycles. The number of ether oxygens (including phenoxy) is 1. The quantitative estimate of drug-likeness (QED) is 0.595. The van der Waals surface area contributed by atoms with E-state index in [9.17, 15) is 0 Å². The number of anilines is 1. The molecule has 1 fully saturated rings. The van der Waals surface area contributed by atoms with Crippen LogP contribution in [0.15, 0.2) is 12.1 Å². The van der Waals surface area contributed by atoms with Crippen LogP contribution in [0.5, 0.6) is 0 Å². The highest BCUT2D eigenvalue weighted by Crippen LogP contribution is 2.10. The average Bonchev–Trinajstić information content (AvgIpc) is 2.30. The number of hydrogen-bond acceptors (Lipinski definition) is 4. The van der Waals surface area contributed by atoms with Gasteiger partial charge in [0.2, 0.25) is 0 Å². The Kier molecular flexibility index (Phi) is 2.61. The summed E-state index contributed by atoms with van der Waals surface area (Å²) in [5.74, 6) is 3.31. The van der Waals surface area contributed by atoms with Crippen LogP contribution in [0.4, 0.5) is 5.82 Å². The molecule has 0 amide bonds. The summed E-state index contributed by atoms with van der Waals surface area (Å²) in [4.78, 5) is 2.14. The maximum Gasteiger partial charge on any atom is 0.151 e. The van der Waals surface area contributed by atoms with E-state index in [4.69, 9.17) is 11.2 Å². The second kappa shape index (κ2) is 4.07. The van der Waals surface area contributed by atoms with Crippen molar-refractivity contribution in [3.05, 3.63) is 17.8 Å². The number of hydrogen-bond donors (Lipinski definition) is 0. The van der Waals surface area contributed by atoms with Crippen molar-refractivity contribution in [2.45, 2.75) is 0 Å². The van der Waals surface area contributed by atoms with Crippen LogP contribution in [0.3, 0.4) is 0 Å². The van der Waals surface area contributed by atoms with E-state index in [1.807, 2.05) is 6.07 Å². The van der Waals surface area contributed by atoms with Crippen molar-refractivity contribution in [2.75, 3.05) is 31.2 Å². The Morgan fingerprint density at radius 1 is 1.29 bits per heavy atom. The van der Waals surface area contributed by atoms with Gasteiger partial charge in [-0.05, 0) is 18.1 Å². The first kappa shape index (κ1) is 8.97. The van der Waals surface area contributed by atoms with Gasteiger partial charge in [0.25, 0.3) is 0 Å². The summed E-state index contributed by atoms with van der Waals surface area (Å²) in [6.07, 6.45) is 5.19. The number of terminal acetylenes is 1. The fourth-order valence-corrected chi connectivity index (χ4v) is 1.36. The highest BCUT2D eigenvalue weighted by molar-refractivity contribution is 5.39. The number of rotatable bonds is 1. The summed E-state index contributed by atoms with van der Waals surface area (Å²) >= 11 is 0. The smallest absolute Gasteiger partial charge is 0.151 e. The molecule has 1 aliphatic rings. The van der Waals surface area contributed by atoms with E-state index < -0.39 is 0 Å². The van der Waals surface area contributed by atoms with E-state index in [-0.39, 0.29) is 0 Å². The van der Waals surface area contributed by atoms with Crippen LogP contribution in [-0.4, -0.2) is 36.5 Å². The van der Waals surface area contributed by atoms with Gasteiger partial charge in [-0.3, -0.25) is 0 Å². The summed E-state index contributed by atoms with van der Waals surface area (Å²) in [6, 6.07) is 3.70. The molecule has 0 atom stereocenters. The fraction of sp³-hybridized carbons (Fsp3) is 0.400. The lowest BCUT2D eigenvalue weighted by molar-refractivity contribution is 0.122. The Bertz CT molecular complexity index is 335. The molecular weight excluding hydrogens is 178 g/mol. The van der Waals surface area contributed by atoms with Gasteiger partial charge in [0.15, 0.2) is 5.82 Å². The summed E-state index contributed by atoms with van der Waals surface area (Å²) in [6.45, 7) is 3.23. The third-order valence-corrected chi connectivity index (χ3v) is 2.13. The average molecular weight is 189 g/mol. The lowest BCUT2D eigenvalue weighted by atomic mass is 10.3. The maximum atomic E-state index is 5.24. The lowest BCUT2D eigenvalue weighted by Crippen LogP contribution is -2.36. The van der Waals surface area contributed by atoms with Crippen molar-refractivity contribution in [1.82, 2.24) is 10.2 Å². The second-order valence-electron chi connectivity index (χ2n) is 3.02. The van der Waals surface area contributed by atoms with Gasteiger partial charge in [-0.2, -0.15) is 0 Å². The predicted octanol–water partition coefficient (Wildman–Crippen LogP) is 0.294. The molecule has 0 N–H and O–H groups in total. The number of morpholine rings is 1. The zero-order valence-corrected chi connectivity index (χ0v) is 7.81. The first-order valence-electron chi connectivity index (χ1n) is 4.53. The van der Waals surface area contributed by atoms with Crippen LogP contribution >= 0.6 is 0 Å². The van der Waals surface area contributed by atoms with E-state index in [0.717, 1.165) is 32.1 Å².